The van der Waals surface area contributed by atoms with E-state index in [9.17, 15) is 10.2 Å². The molecule has 0 amide bonds. The predicted molar refractivity (Wildman–Crippen MR) is 154 cm³/mol. The number of nitrogens with zero attached hydrogens (tertiary/aromatic N) is 3. The van der Waals surface area contributed by atoms with Crippen LogP contribution in [0.15, 0.2) is 84.0 Å². The summed E-state index contributed by atoms with van der Waals surface area (Å²) in [5.41, 5.74) is 5.86. The fraction of sp³-hybridized carbons (Fsp3) is 0.394. The third-order valence-corrected chi connectivity index (χ3v) is 8.82. The molecule has 1 aliphatic carbocycles. The number of rotatable bonds is 7. The van der Waals surface area contributed by atoms with Gasteiger partial charge < -0.3 is 10.2 Å². The summed E-state index contributed by atoms with van der Waals surface area (Å²) in [6, 6.07) is 16.0. The van der Waals surface area contributed by atoms with E-state index in [1.54, 1.807) is 12.1 Å². The van der Waals surface area contributed by atoms with E-state index < -0.39 is 0 Å². The fourth-order valence-corrected chi connectivity index (χ4v) is 6.90. The molecule has 0 spiro atoms. The minimum absolute atomic E-state index is 0.0742. The number of aromatic nitrogens is 1. The Labute approximate surface area is 225 Å². The number of hydrogen-bond acceptors (Lipinski definition) is 5. The van der Waals surface area contributed by atoms with E-state index in [1.807, 2.05) is 6.20 Å². The Bertz CT molecular complexity index is 1370. The number of para-hydroxylation sites is 1. The first-order valence-electron chi connectivity index (χ1n) is 14.1. The van der Waals surface area contributed by atoms with E-state index in [4.69, 9.17) is 4.99 Å². The highest BCUT2D eigenvalue weighted by atomic mass is 16.3. The maximum Gasteiger partial charge on any atom is 0.119 e. The van der Waals surface area contributed by atoms with Crippen LogP contribution in [0.5, 0.6) is 11.5 Å². The molecule has 196 valence electrons. The number of pyridine rings is 1. The molecule has 4 heterocycles. The molecule has 2 aromatic carbocycles. The van der Waals surface area contributed by atoms with Crippen LogP contribution >= 0.6 is 0 Å². The molecule has 0 radical (unpaired) electrons. The standard InChI is InChI=1S/C33H37N3O2/c1-2-24-21-36-15-13-25(24)19-32(36)33(30-12-14-34-31-9-4-3-8-29(30)31)35-26-7-5-6-22(16-26)10-11-23-17-27(37)20-28(38)18-23/h2-4,8-9,12,14,16-18,20,24-25,32-33,37-38H,1,5-7,10-11,13,15,19,21H2/t24?,25?,32?,33-/m0/s1. The molecule has 4 unspecified atom stereocenters. The van der Waals surface area contributed by atoms with Crippen molar-refractivity contribution in [1.82, 2.24) is 9.88 Å². The van der Waals surface area contributed by atoms with E-state index in [0.717, 1.165) is 62.7 Å². The van der Waals surface area contributed by atoms with Gasteiger partial charge in [-0.15, -0.1) is 6.58 Å². The molecule has 2 bridgehead atoms. The second kappa shape index (κ2) is 10.7. The van der Waals surface area contributed by atoms with Crippen molar-refractivity contribution >= 4 is 16.6 Å². The van der Waals surface area contributed by atoms with Gasteiger partial charge in [-0.25, -0.2) is 0 Å². The molecule has 1 aromatic heterocycles. The van der Waals surface area contributed by atoms with Gasteiger partial charge in [0.25, 0.3) is 0 Å². The fourth-order valence-electron chi connectivity index (χ4n) is 6.90. The summed E-state index contributed by atoms with van der Waals surface area (Å²) in [5.74, 6) is 1.50. The monoisotopic (exact) mass is 507 g/mol. The smallest absolute Gasteiger partial charge is 0.119 e. The minimum atomic E-state index is 0.0742. The van der Waals surface area contributed by atoms with Crippen molar-refractivity contribution in [3.8, 4) is 11.5 Å². The summed E-state index contributed by atoms with van der Waals surface area (Å²) in [6.07, 6.45) is 13.7. The van der Waals surface area contributed by atoms with Crippen molar-refractivity contribution in [1.29, 1.82) is 0 Å². The van der Waals surface area contributed by atoms with Gasteiger partial charge in [0.2, 0.25) is 0 Å². The van der Waals surface area contributed by atoms with Gasteiger partial charge in [-0.05, 0) is 105 Å². The number of piperidine rings is 3. The van der Waals surface area contributed by atoms with Crippen LogP contribution in [0, 0.1) is 11.8 Å². The molecule has 5 heteroatoms. The number of aryl methyl sites for hydroxylation is 1. The van der Waals surface area contributed by atoms with Crippen LogP contribution in [0.2, 0.25) is 0 Å². The van der Waals surface area contributed by atoms with E-state index in [1.165, 1.54) is 34.7 Å². The molecule has 38 heavy (non-hydrogen) atoms. The summed E-state index contributed by atoms with van der Waals surface area (Å²) in [4.78, 5) is 12.9. The average molecular weight is 508 g/mol. The molecule has 3 saturated heterocycles. The first-order chi connectivity index (χ1) is 18.6. The van der Waals surface area contributed by atoms with Crippen LogP contribution in [0.25, 0.3) is 10.9 Å². The van der Waals surface area contributed by atoms with Gasteiger partial charge in [0, 0.05) is 35.9 Å². The molecule has 7 rings (SSSR count). The molecular formula is C33H37N3O2. The molecule has 3 aliphatic heterocycles. The maximum absolute atomic E-state index is 9.85. The number of aromatic hydroxyl groups is 2. The first-order valence-corrected chi connectivity index (χ1v) is 14.1. The molecule has 2 N–H and O–H groups in total. The van der Waals surface area contributed by atoms with Crippen LogP contribution < -0.4 is 0 Å². The first kappa shape index (κ1) is 24.9. The Morgan fingerprint density at radius 1 is 1.08 bits per heavy atom. The number of aliphatic imine (C=N–C) groups is 1. The van der Waals surface area contributed by atoms with Crippen molar-refractivity contribution in [2.75, 3.05) is 13.1 Å². The van der Waals surface area contributed by atoms with E-state index in [0.29, 0.717) is 17.9 Å². The molecular weight excluding hydrogens is 470 g/mol. The number of phenolic OH excluding ortho intramolecular Hbond substituents is 2. The zero-order chi connectivity index (χ0) is 26.1. The minimum Gasteiger partial charge on any atom is -0.508 e. The summed E-state index contributed by atoms with van der Waals surface area (Å²) in [6.45, 7) is 6.35. The Hall–Kier alpha value is -3.44. The van der Waals surface area contributed by atoms with Crippen molar-refractivity contribution in [3.63, 3.8) is 0 Å². The summed E-state index contributed by atoms with van der Waals surface area (Å²) < 4.78 is 0. The Balaban J connectivity index is 1.32. The second-order valence-corrected chi connectivity index (χ2v) is 11.2. The zero-order valence-corrected chi connectivity index (χ0v) is 22.0. The van der Waals surface area contributed by atoms with E-state index in [-0.39, 0.29) is 17.5 Å². The molecule has 0 saturated carbocycles. The second-order valence-electron chi connectivity index (χ2n) is 11.2. The largest absolute Gasteiger partial charge is 0.508 e. The molecule has 3 fully saturated rings. The number of allylic oxidation sites excluding steroid dienone is 2. The van der Waals surface area contributed by atoms with E-state index in [2.05, 4.69) is 58.9 Å². The Kier molecular flexibility index (Phi) is 7.03. The molecule has 5 nitrogen and oxygen atoms in total. The van der Waals surface area contributed by atoms with Gasteiger partial charge in [-0.3, -0.25) is 14.9 Å². The lowest BCUT2D eigenvalue weighted by atomic mass is 9.73. The third-order valence-electron chi connectivity index (χ3n) is 8.82. The summed E-state index contributed by atoms with van der Waals surface area (Å²) in [5, 5.41) is 20.9. The van der Waals surface area contributed by atoms with Crippen molar-refractivity contribution in [3.05, 3.63) is 90.2 Å². The van der Waals surface area contributed by atoms with Crippen LogP contribution in [0.1, 0.15) is 55.7 Å². The normalized spacial score (nSPS) is 26.8. The van der Waals surface area contributed by atoms with Crippen molar-refractivity contribution in [2.45, 2.75) is 57.0 Å². The van der Waals surface area contributed by atoms with E-state index >= 15 is 0 Å². The van der Waals surface area contributed by atoms with Gasteiger partial charge in [0.15, 0.2) is 0 Å². The SMILES string of the molecule is C=CC1CN2CCC1CC2[C@@H](N=C1C=C(CCc2cc(O)cc(O)c2)CCC1)c1ccnc2ccccc12. The van der Waals surface area contributed by atoms with Crippen LogP contribution in [-0.2, 0) is 6.42 Å². The zero-order valence-electron chi connectivity index (χ0n) is 22.0. The lowest BCUT2D eigenvalue weighted by molar-refractivity contribution is 0.00787. The quantitative estimate of drug-likeness (QED) is 0.346. The average Bonchev–Trinajstić information content (AvgIpc) is 2.94. The van der Waals surface area contributed by atoms with Gasteiger partial charge >= 0.3 is 0 Å². The van der Waals surface area contributed by atoms with Crippen molar-refractivity contribution < 1.29 is 10.2 Å². The van der Waals surface area contributed by atoms with Gasteiger partial charge in [0.1, 0.15) is 11.5 Å². The maximum atomic E-state index is 9.85. The molecule has 4 aliphatic rings. The number of benzene rings is 2. The Morgan fingerprint density at radius 2 is 1.92 bits per heavy atom. The molecule has 5 atom stereocenters. The van der Waals surface area contributed by atoms with Gasteiger partial charge in [-0.1, -0.05) is 29.8 Å². The van der Waals surface area contributed by atoms with Crippen LogP contribution in [-0.4, -0.2) is 44.9 Å². The highest BCUT2D eigenvalue weighted by molar-refractivity contribution is 5.96. The predicted octanol–water partition coefficient (Wildman–Crippen LogP) is 6.77. The van der Waals surface area contributed by atoms with Crippen LogP contribution in [0.3, 0.4) is 0 Å². The third kappa shape index (κ3) is 5.12. The Morgan fingerprint density at radius 3 is 2.71 bits per heavy atom. The summed E-state index contributed by atoms with van der Waals surface area (Å²) in [7, 11) is 0. The number of fused-ring (bicyclic) bond motifs is 4. The van der Waals surface area contributed by atoms with Crippen molar-refractivity contribution in [2.24, 2.45) is 16.8 Å². The molecule has 3 aromatic rings. The van der Waals surface area contributed by atoms with Gasteiger partial charge in [0.05, 0.1) is 11.6 Å². The van der Waals surface area contributed by atoms with Gasteiger partial charge in [-0.2, -0.15) is 0 Å². The highest BCUT2D eigenvalue weighted by Crippen LogP contribution is 2.44. The number of hydrogen-bond donors (Lipinski definition) is 2. The topological polar surface area (TPSA) is 69.0 Å². The number of phenols is 2. The lowest BCUT2D eigenvalue weighted by Gasteiger charge is -2.51. The summed E-state index contributed by atoms with van der Waals surface area (Å²) >= 11 is 0. The lowest BCUT2D eigenvalue weighted by Crippen LogP contribution is -2.54. The highest BCUT2D eigenvalue weighted by Gasteiger charge is 2.43. The van der Waals surface area contributed by atoms with Crippen LogP contribution in [0.4, 0.5) is 0 Å².